The van der Waals surface area contributed by atoms with E-state index in [0.29, 0.717) is 24.7 Å². The number of fused-ring (bicyclic) bond motifs is 3. The van der Waals surface area contributed by atoms with Crippen molar-refractivity contribution in [2.24, 2.45) is 0 Å². The van der Waals surface area contributed by atoms with Crippen LogP contribution in [0.4, 0.5) is 0 Å². The summed E-state index contributed by atoms with van der Waals surface area (Å²) >= 11 is 0. The summed E-state index contributed by atoms with van der Waals surface area (Å²) < 4.78 is 24.1. The van der Waals surface area contributed by atoms with E-state index in [0.717, 1.165) is 52.6 Å². The van der Waals surface area contributed by atoms with Crippen LogP contribution in [0.1, 0.15) is 19.3 Å². The van der Waals surface area contributed by atoms with E-state index in [1.165, 1.54) is 0 Å². The molecule has 0 aliphatic heterocycles. The van der Waals surface area contributed by atoms with Gasteiger partial charge in [-0.3, -0.25) is 4.79 Å². The fourth-order valence-corrected chi connectivity index (χ4v) is 4.09. The summed E-state index contributed by atoms with van der Waals surface area (Å²) in [5.74, 6) is 1.94. The van der Waals surface area contributed by atoms with Gasteiger partial charge in [-0.25, -0.2) is 0 Å². The molecule has 0 saturated heterocycles. The number of para-hydroxylation sites is 1. The molecule has 0 radical (unpaired) electrons. The number of aromatic nitrogens is 1. The van der Waals surface area contributed by atoms with Crippen LogP contribution in [-0.2, 0) is 11.3 Å². The highest BCUT2D eigenvalue weighted by molar-refractivity contribution is 6.08. The first-order valence-corrected chi connectivity index (χ1v) is 11.3. The van der Waals surface area contributed by atoms with E-state index >= 15 is 0 Å². The molecule has 7 heteroatoms. The number of rotatable bonds is 12. The SMILES string of the molecule is COc1ccc(OCCCCCOc2ccc3c4ccccc4n(CC(=O)O)c3c2)cc1OC. The third kappa shape index (κ3) is 5.20. The summed E-state index contributed by atoms with van der Waals surface area (Å²) in [5.41, 5.74) is 1.77. The number of hydrogen-bond acceptors (Lipinski definition) is 5. The largest absolute Gasteiger partial charge is 0.494 e. The Morgan fingerprint density at radius 3 is 2.12 bits per heavy atom. The highest BCUT2D eigenvalue weighted by Gasteiger charge is 2.13. The van der Waals surface area contributed by atoms with E-state index in [-0.39, 0.29) is 6.54 Å². The molecule has 0 atom stereocenters. The molecule has 1 heterocycles. The second-order valence-corrected chi connectivity index (χ2v) is 7.95. The van der Waals surface area contributed by atoms with E-state index in [1.807, 2.05) is 65.2 Å². The molecule has 0 aliphatic rings. The molecule has 0 bridgehead atoms. The van der Waals surface area contributed by atoms with Crippen LogP contribution in [0.3, 0.4) is 0 Å². The van der Waals surface area contributed by atoms with Gasteiger partial charge in [0.25, 0.3) is 0 Å². The third-order valence-corrected chi connectivity index (χ3v) is 5.72. The Bertz CT molecular complexity index is 1280. The van der Waals surface area contributed by atoms with Gasteiger partial charge in [-0.1, -0.05) is 18.2 Å². The van der Waals surface area contributed by atoms with Crippen LogP contribution in [0.15, 0.2) is 60.7 Å². The van der Waals surface area contributed by atoms with Crippen molar-refractivity contribution in [3.05, 3.63) is 60.7 Å². The summed E-state index contributed by atoms with van der Waals surface area (Å²) in [6, 6.07) is 19.2. The Labute approximate surface area is 198 Å². The number of carboxylic acids is 1. The second kappa shape index (κ2) is 10.8. The minimum absolute atomic E-state index is 0.0897. The van der Waals surface area contributed by atoms with Crippen LogP contribution in [0.2, 0.25) is 0 Å². The maximum atomic E-state index is 11.4. The average Bonchev–Trinajstić information content (AvgIpc) is 3.15. The van der Waals surface area contributed by atoms with Gasteiger partial charge in [0.1, 0.15) is 18.0 Å². The number of hydrogen-bond donors (Lipinski definition) is 1. The van der Waals surface area contributed by atoms with Gasteiger partial charge in [0.15, 0.2) is 11.5 Å². The van der Waals surface area contributed by atoms with E-state index < -0.39 is 5.97 Å². The highest BCUT2D eigenvalue weighted by atomic mass is 16.5. The number of aliphatic carboxylic acids is 1. The number of benzene rings is 3. The number of unbranched alkanes of at least 4 members (excludes halogenated alkanes) is 2. The highest BCUT2D eigenvalue weighted by Crippen LogP contribution is 2.32. The molecule has 0 spiro atoms. The fraction of sp³-hybridized carbons (Fsp3) is 0.296. The van der Waals surface area contributed by atoms with Crippen molar-refractivity contribution < 1.29 is 28.8 Å². The molecule has 4 aromatic rings. The first-order chi connectivity index (χ1) is 16.6. The van der Waals surface area contributed by atoms with Gasteiger partial charge < -0.3 is 28.6 Å². The smallest absolute Gasteiger partial charge is 0.323 e. The molecule has 3 aromatic carbocycles. The molecule has 0 unspecified atom stereocenters. The van der Waals surface area contributed by atoms with E-state index in [2.05, 4.69) is 0 Å². The van der Waals surface area contributed by atoms with E-state index in [9.17, 15) is 9.90 Å². The third-order valence-electron chi connectivity index (χ3n) is 5.72. The van der Waals surface area contributed by atoms with Crippen LogP contribution in [0.25, 0.3) is 21.8 Å². The Balaban J connectivity index is 1.29. The lowest BCUT2D eigenvalue weighted by molar-refractivity contribution is -0.137. The zero-order valence-corrected chi connectivity index (χ0v) is 19.5. The zero-order chi connectivity index (χ0) is 23.9. The number of carbonyl (C=O) groups is 1. The number of ether oxygens (including phenoxy) is 4. The van der Waals surface area contributed by atoms with Crippen molar-refractivity contribution >= 4 is 27.8 Å². The molecular formula is C27H29NO6. The van der Waals surface area contributed by atoms with E-state index in [1.54, 1.807) is 14.2 Å². The predicted molar refractivity (Wildman–Crippen MR) is 131 cm³/mol. The lowest BCUT2D eigenvalue weighted by atomic mass is 10.1. The quantitative estimate of drug-likeness (QED) is 0.279. The zero-order valence-electron chi connectivity index (χ0n) is 19.5. The van der Waals surface area contributed by atoms with Crippen LogP contribution in [-0.4, -0.2) is 43.1 Å². The second-order valence-electron chi connectivity index (χ2n) is 7.95. The summed E-state index contributed by atoms with van der Waals surface area (Å²) in [4.78, 5) is 11.4. The summed E-state index contributed by atoms with van der Waals surface area (Å²) in [6.45, 7) is 1.10. The number of carboxylic acid groups (broad SMARTS) is 1. The summed E-state index contributed by atoms with van der Waals surface area (Å²) in [5, 5.41) is 11.4. The molecule has 1 aromatic heterocycles. The molecule has 0 amide bonds. The van der Waals surface area contributed by atoms with Gasteiger partial charge in [0, 0.05) is 28.4 Å². The van der Waals surface area contributed by atoms with Crippen LogP contribution in [0, 0.1) is 0 Å². The number of methoxy groups -OCH3 is 2. The molecule has 7 nitrogen and oxygen atoms in total. The van der Waals surface area contributed by atoms with Crippen LogP contribution < -0.4 is 18.9 Å². The van der Waals surface area contributed by atoms with E-state index in [4.69, 9.17) is 18.9 Å². The maximum absolute atomic E-state index is 11.4. The van der Waals surface area contributed by atoms with Gasteiger partial charge in [-0.15, -0.1) is 0 Å². The molecule has 178 valence electrons. The molecule has 34 heavy (non-hydrogen) atoms. The van der Waals surface area contributed by atoms with Gasteiger partial charge in [0.05, 0.1) is 33.0 Å². The lowest BCUT2D eigenvalue weighted by Gasteiger charge is -2.11. The van der Waals surface area contributed by atoms with Crippen molar-refractivity contribution in [1.29, 1.82) is 0 Å². The summed E-state index contributed by atoms with van der Waals surface area (Å²) in [6.07, 6.45) is 2.77. The summed E-state index contributed by atoms with van der Waals surface area (Å²) in [7, 11) is 3.21. The molecule has 4 rings (SSSR count). The van der Waals surface area contributed by atoms with Crippen molar-refractivity contribution in [1.82, 2.24) is 4.57 Å². The monoisotopic (exact) mass is 463 g/mol. The normalized spacial score (nSPS) is 11.0. The first kappa shape index (κ1) is 23.3. The standard InChI is InChI=1S/C27H29NO6/c1-31-25-13-11-20(17-26(25)32-2)34-15-7-3-6-14-33-19-10-12-22-21-8-4-5-9-23(21)28(18-27(29)30)24(22)16-19/h4-5,8-13,16-17H,3,6-7,14-15,18H2,1-2H3,(H,29,30). The molecular weight excluding hydrogens is 434 g/mol. The van der Waals surface area contributed by atoms with Crippen LogP contribution >= 0.6 is 0 Å². The van der Waals surface area contributed by atoms with Gasteiger partial charge in [0.2, 0.25) is 0 Å². The van der Waals surface area contributed by atoms with Crippen molar-refractivity contribution in [2.45, 2.75) is 25.8 Å². The van der Waals surface area contributed by atoms with Crippen molar-refractivity contribution in [2.75, 3.05) is 27.4 Å². The fourth-order valence-electron chi connectivity index (χ4n) is 4.09. The van der Waals surface area contributed by atoms with Crippen molar-refractivity contribution in [3.63, 3.8) is 0 Å². The Morgan fingerprint density at radius 1 is 0.765 bits per heavy atom. The number of nitrogens with zero attached hydrogens (tertiary/aromatic N) is 1. The molecule has 0 aliphatic carbocycles. The predicted octanol–water partition coefficient (Wildman–Crippen LogP) is 5.52. The Hall–Kier alpha value is -3.87. The molecule has 0 saturated carbocycles. The van der Waals surface area contributed by atoms with Crippen LogP contribution in [0.5, 0.6) is 23.0 Å². The van der Waals surface area contributed by atoms with Gasteiger partial charge in [-0.2, -0.15) is 0 Å². The minimum atomic E-state index is -0.871. The molecule has 1 N–H and O–H groups in total. The Kier molecular flexibility index (Phi) is 7.42. The first-order valence-electron chi connectivity index (χ1n) is 11.3. The minimum Gasteiger partial charge on any atom is -0.494 e. The Morgan fingerprint density at radius 2 is 1.41 bits per heavy atom. The maximum Gasteiger partial charge on any atom is 0.323 e. The lowest BCUT2D eigenvalue weighted by Crippen LogP contribution is -2.08. The van der Waals surface area contributed by atoms with Gasteiger partial charge >= 0.3 is 5.97 Å². The average molecular weight is 464 g/mol. The van der Waals surface area contributed by atoms with Crippen molar-refractivity contribution in [3.8, 4) is 23.0 Å². The topological polar surface area (TPSA) is 79.2 Å². The van der Waals surface area contributed by atoms with Gasteiger partial charge in [-0.05, 0) is 49.6 Å². The molecule has 0 fully saturated rings.